The number of Topliss-reactive ketones (excluding diaryl/α,β-unsaturated/α-hetero) is 1. The summed E-state index contributed by atoms with van der Waals surface area (Å²) in [4.78, 5) is 25.1. The first-order valence-electron chi connectivity index (χ1n) is 5.70. The predicted molar refractivity (Wildman–Crippen MR) is 67.1 cm³/mol. The van der Waals surface area contributed by atoms with Crippen LogP contribution in [0.15, 0.2) is 18.2 Å². The summed E-state index contributed by atoms with van der Waals surface area (Å²) in [5, 5.41) is 0. The zero-order valence-electron chi connectivity index (χ0n) is 10.5. The quantitative estimate of drug-likeness (QED) is 0.746. The van der Waals surface area contributed by atoms with Gasteiger partial charge in [-0.05, 0) is 51.5 Å². The third-order valence-corrected chi connectivity index (χ3v) is 2.66. The van der Waals surface area contributed by atoms with Crippen LogP contribution in [0.1, 0.15) is 47.1 Å². The Hall–Kier alpha value is -1.64. The summed E-state index contributed by atoms with van der Waals surface area (Å²) >= 11 is 0. The Morgan fingerprint density at radius 2 is 1.65 bits per heavy atom. The van der Waals surface area contributed by atoms with Gasteiger partial charge in [0.1, 0.15) is 0 Å². The highest BCUT2D eigenvalue weighted by atomic mass is 16.2. The van der Waals surface area contributed by atoms with E-state index in [1.807, 2.05) is 13.8 Å². The Labute approximate surface area is 102 Å². The number of hydrogen-bond donors (Lipinski definition) is 0. The van der Waals surface area contributed by atoms with E-state index in [2.05, 4.69) is 0 Å². The summed E-state index contributed by atoms with van der Waals surface area (Å²) < 4.78 is 0. The maximum Gasteiger partial charge on any atom is 0.253 e. The Balaban J connectivity index is 3.13. The van der Waals surface area contributed by atoms with Gasteiger partial charge in [-0.3, -0.25) is 9.59 Å². The molecule has 2 radical (unpaired) electrons. The number of hydrogen-bond acceptors (Lipinski definition) is 2. The van der Waals surface area contributed by atoms with Crippen molar-refractivity contribution in [2.75, 3.05) is 13.1 Å². The molecule has 3 heteroatoms. The van der Waals surface area contributed by atoms with Crippen molar-refractivity contribution < 1.29 is 9.59 Å². The lowest BCUT2D eigenvalue weighted by molar-refractivity contribution is 0.0773. The second-order valence-electron chi connectivity index (χ2n) is 3.88. The predicted octanol–water partition coefficient (Wildman–Crippen LogP) is 2.43. The van der Waals surface area contributed by atoms with E-state index >= 15 is 0 Å². The topological polar surface area (TPSA) is 37.4 Å². The van der Waals surface area contributed by atoms with E-state index < -0.39 is 0 Å². The third kappa shape index (κ3) is 3.16. The van der Waals surface area contributed by atoms with Gasteiger partial charge in [-0.15, -0.1) is 0 Å². The van der Waals surface area contributed by atoms with Gasteiger partial charge >= 0.3 is 0 Å². The number of amides is 1. The molecule has 0 aromatic heterocycles. The average molecular weight is 231 g/mol. The highest BCUT2D eigenvalue weighted by Crippen LogP contribution is 2.12. The van der Waals surface area contributed by atoms with Gasteiger partial charge < -0.3 is 4.90 Å². The molecule has 1 aromatic rings. The van der Waals surface area contributed by atoms with Crippen LogP contribution >= 0.6 is 0 Å². The number of rotatable bonds is 4. The molecule has 0 atom stereocenters. The van der Waals surface area contributed by atoms with E-state index in [9.17, 15) is 9.59 Å². The second kappa shape index (κ2) is 5.62. The van der Waals surface area contributed by atoms with Crippen molar-refractivity contribution in [1.29, 1.82) is 0 Å². The SMILES string of the molecule is [CH]c1cc(C(C)=O)cc(C(=O)N(CC)CC)c1. The van der Waals surface area contributed by atoms with E-state index in [4.69, 9.17) is 6.92 Å². The van der Waals surface area contributed by atoms with Crippen LogP contribution in [0.2, 0.25) is 0 Å². The molecule has 90 valence electrons. The normalized spacial score (nSPS) is 10.1. The minimum absolute atomic E-state index is 0.0918. The van der Waals surface area contributed by atoms with Crippen molar-refractivity contribution in [3.63, 3.8) is 0 Å². The molecular formula is C14H17NO2. The van der Waals surface area contributed by atoms with Crippen LogP contribution in [0.4, 0.5) is 0 Å². The Morgan fingerprint density at radius 1 is 1.12 bits per heavy atom. The van der Waals surface area contributed by atoms with E-state index in [1.165, 1.54) is 6.92 Å². The molecule has 17 heavy (non-hydrogen) atoms. The molecule has 0 unspecified atom stereocenters. The fraction of sp³-hybridized carbons (Fsp3) is 0.357. The van der Waals surface area contributed by atoms with Crippen LogP contribution in [0.5, 0.6) is 0 Å². The van der Waals surface area contributed by atoms with Crippen LogP contribution in [-0.2, 0) is 0 Å². The zero-order chi connectivity index (χ0) is 13.0. The lowest BCUT2D eigenvalue weighted by Gasteiger charge is -2.19. The molecule has 0 N–H and O–H groups in total. The molecule has 0 spiro atoms. The highest BCUT2D eigenvalue weighted by Gasteiger charge is 2.14. The van der Waals surface area contributed by atoms with Crippen molar-refractivity contribution in [2.24, 2.45) is 0 Å². The number of ketones is 1. The molecule has 0 bridgehead atoms. The molecule has 0 aliphatic heterocycles. The summed E-state index contributed by atoms with van der Waals surface area (Å²) in [7, 11) is 0. The standard InChI is InChI=1S/C14H17NO2/c1-5-15(6-2)14(17)13-8-10(3)7-12(9-13)11(4)16/h3,7-9H,5-6H2,1-2,4H3. The largest absolute Gasteiger partial charge is 0.339 e. The molecule has 0 fully saturated rings. The third-order valence-electron chi connectivity index (χ3n) is 2.66. The number of nitrogens with zero attached hydrogens (tertiary/aromatic N) is 1. The van der Waals surface area contributed by atoms with Gasteiger partial charge in [-0.1, -0.05) is 0 Å². The van der Waals surface area contributed by atoms with Gasteiger partial charge in [0, 0.05) is 24.2 Å². The minimum Gasteiger partial charge on any atom is -0.339 e. The summed E-state index contributed by atoms with van der Waals surface area (Å²) in [6.45, 7) is 12.3. The first-order chi connectivity index (χ1) is 7.99. The summed E-state index contributed by atoms with van der Waals surface area (Å²) in [5.41, 5.74) is 1.38. The molecule has 1 aromatic carbocycles. The first kappa shape index (κ1) is 13.4. The van der Waals surface area contributed by atoms with Gasteiger partial charge in [0.2, 0.25) is 0 Å². The van der Waals surface area contributed by atoms with Crippen molar-refractivity contribution in [2.45, 2.75) is 20.8 Å². The fourth-order valence-electron chi connectivity index (χ4n) is 1.67. The summed E-state index contributed by atoms with van der Waals surface area (Å²) in [6, 6.07) is 4.79. The van der Waals surface area contributed by atoms with Crippen LogP contribution in [0.25, 0.3) is 0 Å². The molecule has 1 rings (SSSR count). The lowest BCUT2D eigenvalue weighted by Crippen LogP contribution is -2.30. The molecule has 1 amide bonds. The van der Waals surface area contributed by atoms with Gasteiger partial charge in [0.25, 0.3) is 5.91 Å². The molecule has 0 aliphatic carbocycles. The van der Waals surface area contributed by atoms with Gasteiger partial charge in [-0.2, -0.15) is 0 Å². The van der Waals surface area contributed by atoms with Gasteiger partial charge in [0.15, 0.2) is 5.78 Å². The zero-order valence-corrected chi connectivity index (χ0v) is 10.5. The summed E-state index contributed by atoms with van der Waals surface area (Å²) in [6.07, 6.45) is 0. The van der Waals surface area contributed by atoms with Crippen LogP contribution in [-0.4, -0.2) is 29.7 Å². The van der Waals surface area contributed by atoms with Crippen molar-refractivity contribution in [3.05, 3.63) is 41.8 Å². The Morgan fingerprint density at radius 3 is 2.12 bits per heavy atom. The molecular weight excluding hydrogens is 214 g/mol. The Bertz CT molecular complexity index is 434. The van der Waals surface area contributed by atoms with Crippen LogP contribution < -0.4 is 0 Å². The average Bonchev–Trinajstić information content (AvgIpc) is 2.29. The van der Waals surface area contributed by atoms with E-state index in [-0.39, 0.29) is 11.7 Å². The van der Waals surface area contributed by atoms with Crippen molar-refractivity contribution in [1.82, 2.24) is 4.90 Å². The minimum atomic E-state index is -0.0928. The van der Waals surface area contributed by atoms with E-state index in [0.717, 1.165) is 0 Å². The first-order valence-corrected chi connectivity index (χ1v) is 5.70. The maximum absolute atomic E-state index is 12.1. The fourth-order valence-corrected chi connectivity index (χ4v) is 1.67. The molecule has 3 nitrogen and oxygen atoms in total. The Kier molecular flexibility index (Phi) is 4.44. The molecule has 0 aliphatic rings. The van der Waals surface area contributed by atoms with E-state index in [0.29, 0.717) is 29.8 Å². The van der Waals surface area contributed by atoms with E-state index in [1.54, 1.807) is 23.1 Å². The molecule has 0 heterocycles. The maximum atomic E-state index is 12.1. The smallest absolute Gasteiger partial charge is 0.253 e. The number of benzene rings is 1. The van der Waals surface area contributed by atoms with Crippen LogP contribution in [0, 0.1) is 6.92 Å². The highest BCUT2D eigenvalue weighted by molar-refractivity contribution is 6.00. The number of carbonyl (C=O) groups is 2. The molecule has 0 saturated carbocycles. The summed E-state index contributed by atoms with van der Waals surface area (Å²) in [5.74, 6) is -0.185. The lowest BCUT2D eigenvalue weighted by atomic mass is 10.0. The molecule has 0 saturated heterocycles. The van der Waals surface area contributed by atoms with Crippen LogP contribution in [0.3, 0.4) is 0 Å². The second-order valence-corrected chi connectivity index (χ2v) is 3.88. The van der Waals surface area contributed by atoms with Crippen molar-refractivity contribution in [3.8, 4) is 0 Å². The monoisotopic (exact) mass is 231 g/mol. The number of carbonyl (C=O) groups excluding carboxylic acids is 2. The van der Waals surface area contributed by atoms with Gasteiger partial charge in [-0.25, -0.2) is 0 Å². The van der Waals surface area contributed by atoms with Crippen molar-refractivity contribution >= 4 is 11.7 Å². The van der Waals surface area contributed by atoms with Gasteiger partial charge in [0.05, 0.1) is 0 Å².